The van der Waals surface area contributed by atoms with Crippen molar-refractivity contribution in [2.45, 2.75) is 31.7 Å². The van der Waals surface area contributed by atoms with Crippen LogP contribution in [0, 0.1) is 11.7 Å². The molecule has 0 fully saturated rings. The molecule has 142 valence electrons. The molecule has 3 rings (SSSR count). The molecule has 0 saturated carbocycles. The van der Waals surface area contributed by atoms with Crippen molar-refractivity contribution >= 4 is 0 Å². The zero-order valence-corrected chi connectivity index (χ0v) is 14.4. The van der Waals surface area contributed by atoms with Gasteiger partial charge in [0.15, 0.2) is 5.69 Å². The average Bonchev–Trinajstić information content (AvgIpc) is 2.99. The van der Waals surface area contributed by atoms with Crippen LogP contribution in [-0.2, 0) is 19.1 Å². The van der Waals surface area contributed by atoms with E-state index in [2.05, 4.69) is 4.98 Å². The van der Waals surface area contributed by atoms with Gasteiger partial charge >= 0.3 is 6.18 Å². The van der Waals surface area contributed by atoms with Crippen molar-refractivity contribution < 1.29 is 22.7 Å². The molecule has 0 spiro atoms. The van der Waals surface area contributed by atoms with Crippen molar-refractivity contribution in [3.8, 4) is 0 Å². The second-order valence-electron chi connectivity index (χ2n) is 6.89. The number of benzene rings is 1. The third-order valence-electron chi connectivity index (χ3n) is 4.69. The Bertz CT molecular complexity index is 742. The minimum absolute atomic E-state index is 0.184. The molecule has 1 aromatic heterocycles. The number of alkyl halides is 3. The molecule has 8 heteroatoms. The summed E-state index contributed by atoms with van der Waals surface area (Å²) in [5.41, 5.74) is -0.207. The van der Waals surface area contributed by atoms with E-state index in [9.17, 15) is 22.7 Å². The molecule has 0 radical (unpaired) electrons. The molecular weight excluding hydrogens is 350 g/mol. The monoisotopic (exact) mass is 371 g/mol. The summed E-state index contributed by atoms with van der Waals surface area (Å²) in [7, 11) is 1.86. The molecule has 0 aliphatic carbocycles. The van der Waals surface area contributed by atoms with Gasteiger partial charge in [0.2, 0.25) is 0 Å². The fraction of sp³-hybridized carbons (Fsp3) is 0.500. The molecule has 1 aliphatic rings. The van der Waals surface area contributed by atoms with Crippen LogP contribution in [-0.4, -0.2) is 39.7 Å². The van der Waals surface area contributed by atoms with Gasteiger partial charge in [-0.2, -0.15) is 13.2 Å². The number of aliphatic hydroxyl groups excluding tert-OH is 1. The van der Waals surface area contributed by atoms with Gasteiger partial charge in [0, 0.05) is 32.3 Å². The summed E-state index contributed by atoms with van der Waals surface area (Å²) in [6.07, 6.45) is -2.82. The van der Waals surface area contributed by atoms with Crippen molar-refractivity contribution in [2.24, 2.45) is 5.92 Å². The SMILES string of the molecule is CN(C[C@@H]1CCc2nc(C(F)(F)F)cn2C1)C[C@H](O)c1ccc(F)cc1. The molecule has 1 aliphatic heterocycles. The fourth-order valence-electron chi connectivity index (χ4n) is 3.40. The number of aryl methyl sites for hydroxylation is 1. The standard InChI is InChI=1S/C18H21F4N3O/c1-24(10-15(26)13-3-5-14(19)6-4-13)8-12-2-7-17-23-16(18(20,21)22)11-25(17)9-12/h3-6,11-12,15,26H,2,7-10H2,1H3/t12-,15-/m0/s1. The third kappa shape index (κ3) is 4.42. The second-order valence-corrected chi connectivity index (χ2v) is 6.89. The number of hydrogen-bond donors (Lipinski definition) is 1. The van der Waals surface area contributed by atoms with Gasteiger partial charge in [0.25, 0.3) is 0 Å². The van der Waals surface area contributed by atoms with Crippen LogP contribution >= 0.6 is 0 Å². The van der Waals surface area contributed by atoms with E-state index < -0.39 is 18.0 Å². The lowest BCUT2D eigenvalue weighted by molar-refractivity contribution is -0.141. The second kappa shape index (κ2) is 7.36. The smallest absolute Gasteiger partial charge is 0.387 e. The maximum Gasteiger partial charge on any atom is 0.434 e. The van der Waals surface area contributed by atoms with Gasteiger partial charge in [-0.3, -0.25) is 0 Å². The highest BCUT2D eigenvalue weighted by molar-refractivity contribution is 5.18. The van der Waals surface area contributed by atoms with E-state index in [1.54, 1.807) is 16.7 Å². The van der Waals surface area contributed by atoms with Crippen LogP contribution < -0.4 is 0 Å². The summed E-state index contributed by atoms with van der Waals surface area (Å²) in [5.74, 6) is 0.302. The van der Waals surface area contributed by atoms with Gasteiger partial charge in [-0.1, -0.05) is 12.1 Å². The highest BCUT2D eigenvalue weighted by atomic mass is 19.4. The number of likely N-dealkylation sites (N-methyl/N-ethyl adjacent to an activating group) is 1. The van der Waals surface area contributed by atoms with Crippen molar-refractivity contribution in [3.63, 3.8) is 0 Å². The first kappa shape index (κ1) is 18.8. The molecule has 26 heavy (non-hydrogen) atoms. The van der Waals surface area contributed by atoms with E-state index >= 15 is 0 Å². The topological polar surface area (TPSA) is 41.3 Å². The Balaban J connectivity index is 1.56. The lowest BCUT2D eigenvalue weighted by atomic mass is 9.98. The van der Waals surface area contributed by atoms with E-state index in [4.69, 9.17) is 0 Å². The molecule has 4 nitrogen and oxygen atoms in total. The van der Waals surface area contributed by atoms with E-state index in [-0.39, 0.29) is 11.7 Å². The van der Waals surface area contributed by atoms with E-state index in [0.29, 0.717) is 37.4 Å². The Hall–Kier alpha value is -1.93. The first-order valence-corrected chi connectivity index (χ1v) is 8.47. The first-order chi connectivity index (χ1) is 12.2. The van der Waals surface area contributed by atoms with Crippen LogP contribution in [0.5, 0.6) is 0 Å². The Morgan fingerprint density at radius 1 is 1.31 bits per heavy atom. The zero-order valence-electron chi connectivity index (χ0n) is 14.4. The van der Waals surface area contributed by atoms with Gasteiger partial charge in [-0.25, -0.2) is 9.37 Å². The Kier molecular flexibility index (Phi) is 5.34. The summed E-state index contributed by atoms with van der Waals surface area (Å²) < 4.78 is 52.9. The number of hydrogen-bond acceptors (Lipinski definition) is 3. The number of aromatic nitrogens is 2. The number of fused-ring (bicyclic) bond motifs is 1. The number of halogens is 4. The summed E-state index contributed by atoms with van der Waals surface area (Å²) in [6.45, 7) is 1.50. The minimum atomic E-state index is -4.42. The Labute approximate surface area is 149 Å². The maximum atomic E-state index is 12.9. The molecule has 0 amide bonds. The molecular formula is C18H21F4N3O. The van der Waals surface area contributed by atoms with Crippen molar-refractivity contribution in [1.82, 2.24) is 14.5 Å². The van der Waals surface area contributed by atoms with E-state index in [0.717, 1.165) is 12.6 Å². The summed E-state index contributed by atoms with van der Waals surface area (Å²) >= 11 is 0. The highest BCUT2D eigenvalue weighted by Gasteiger charge is 2.35. The third-order valence-corrected chi connectivity index (χ3v) is 4.69. The normalized spacial score (nSPS) is 18.8. The van der Waals surface area contributed by atoms with Crippen molar-refractivity contribution in [1.29, 1.82) is 0 Å². The molecule has 1 N–H and O–H groups in total. The molecule has 0 unspecified atom stereocenters. The number of nitrogens with zero attached hydrogens (tertiary/aromatic N) is 3. The minimum Gasteiger partial charge on any atom is -0.387 e. The highest BCUT2D eigenvalue weighted by Crippen LogP contribution is 2.31. The molecule has 2 aromatic rings. The number of imidazole rings is 1. The van der Waals surface area contributed by atoms with Crippen molar-refractivity contribution in [2.75, 3.05) is 20.1 Å². The molecule has 2 heterocycles. The maximum absolute atomic E-state index is 12.9. The Morgan fingerprint density at radius 3 is 2.65 bits per heavy atom. The molecule has 1 aromatic carbocycles. The van der Waals surface area contributed by atoms with Crippen LogP contribution in [0.25, 0.3) is 0 Å². The molecule has 0 saturated heterocycles. The molecule has 0 bridgehead atoms. The predicted molar refractivity (Wildman–Crippen MR) is 87.9 cm³/mol. The quantitative estimate of drug-likeness (QED) is 0.821. The number of aliphatic hydroxyl groups is 1. The van der Waals surface area contributed by atoms with Crippen LogP contribution in [0.3, 0.4) is 0 Å². The summed E-state index contributed by atoms with van der Waals surface area (Å²) in [5, 5.41) is 10.3. The van der Waals surface area contributed by atoms with Crippen LogP contribution in [0.1, 0.15) is 29.6 Å². The Morgan fingerprint density at radius 2 is 2.00 bits per heavy atom. The van der Waals surface area contributed by atoms with Gasteiger partial charge in [-0.15, -0.1) is 0 Å². The van der Waals surface area contributed by atoms with Crippen LogP contribution in [0.4, 0.5) is 17.6 Å². The predicted octanol–water partition coefficient (Wildman–Crippen LogP) is 3.27. The first-order valence-electron chi connectivity index (χ1n) is 8.47. The fourth-order valence-corrected chi connectivity index (χ4v) is 3.40. The van der Waals surface area contributed by atoms with Crippen LogP contribution in [0.15, 0.2) is 30.5 Å². The van der Waals surface area contributed by atoms with Gasteiger partial charge in [0.1, 0.15) is 11.6 Å². The summed E-state index contributed by atoms with van der Waals surface area (Å²) in [4.78, 5) is 5.63. The summed E-state index contributed by atoms with van der Waals surface area (Å²) in [6, 6.07) is 5.70. The largest absolute Gasteiger partial charge is 0.434 e. The molecule has 2 atom stereocenters. The van der Waals surface area contributed by atoms with Gasteiger partial charge in [0.05, 0.1) is 6.10 Å². The lowest BCUT2D eigenvalue weighted by Gasteiger charge is -2.29. The van der Waals surface area contributed by atoms with Gasteiger partial charge in [-0.05, 0) is 37.1 Å². The van der Waals surface area contributed by atoms with Crippen molar-refractivity contribution in [3.05, 3.63) is 53.4 Å². The van der Waals surface area contributed by atoms with Crippen LogP contribution in [0.2, 0.25) is 0 Å². The lowest BCUT2D eigenvalue weighted by Crippen LogP contribution is -2.33. The van der Waals surface area contributed by atoms with Gasteiger partial charge < -0.3 is 14.6 Å². The average molecular weight is 371 g/mol. The zero-order chi connectivity index (χ0) is 18.9. The van der Waals surface area contributed by atoms with E-state index in [1.807, 2.05) is 11.9 Å². The van der Waals surface area contributed by atoms with E-state index in [1.165, 1.54) is 12.1 Å². The number of rotatable bonds is 5.